The van der Waals surface area contributed by atoms with E-state index < -0.39 is 0 Å². The van der Waals surface area contributed by atoms with Gasteiger partial charge in [0, 0.05) is 6.20 Å². The largest absolute Gasteiger partial charge is 0.346 e. The molecule has 0 aliphatic carbocycles. The highest BCUT2D eigenvalue weighted by Gasteiger charge is 2.18. The van der Waals surface area contributed by atoms with E-state index in [1.54, 1.807) is 24.7 Å². The molecule has 0 aliphatic rings. The maximum absolute atomic E-state index is 12.5. The fourth-order valence-corrected chi connectivity index (χ4v) is 2.91. The lowest BCUT2D eigenvalue weighted by Gasteiger charge is -2.08. The highest BCUT2D eigenvalue weighted by atomic mass is 32.1. The van der Waals surface area contributed by atoms with E-state index in [0.29, 0.717) is 34.3 Å². The minimum absolute atomic E-state index is 0.266. The van der Waals surface area contributed by atoms with Gasteiger partial charge in [0.1, 0.15) is 23.0 Å². The van der Waals surface area contributed by atoms with E-state index in [9.17, 15) is 4.79 Å². The number of rotatable bonds is 3. The highest BCUT2D eigenvalue weighted by molar-refractivity contribution is 7.10. The van der Waals surface area contributed by atoms with Gasteiger partial charge in [0.15, 0.2) is 0 Å². The third-order valence-corrected chi connectivity index (χ3v) is 4.22. The molecular weight excluding hydrogens is 286 g/mol. The molecule has 3 aromatic heterocycles. The topological polar surface area (TPSA) is 83.6 Å². The number of nitrogens with one attached hydrogen (secondary N) is 2. The first kappa shape index (κ1) is 13.7. The summed E-state index contributed by atoms with van der Waals surface area (Å²) in [5.41, 5.74) is 2.76. The molecule has 7 heteroatoms. The maximum atomic E-state index is 12.5. The normalized spacial score (nSPS) is 11.2. The van der Waals surface area contributed by atoms with Crippen molar-refractivity contribution >= 4 is 34.1 Å². The molecule has 0 saturated carbocycles. The minimum Gasteiger partial charge on any atom is -0.346 e. The Morgan fingerprint density at radius 2 is 2.19 bits per heavy atom. The lowest BCUT2D eigenvalue weighted by molar-refractivity contribution is 0.102. The van der Waals surface area contributed by atoms with Crippen LogP contribution in [-0.4, -0.2) is 25.8 Å². The third-order valence-electron chi connectivity index (χ3n) is 3.09. The fourth-order valence-electron chi connectivity index (χ4n) is 2.15. The van der Waals surface area contributed by atoms with Gasteiger partial charge >= 0.3 is 0 Å². The molecule has 0 radical (unpaired) electrons. The first-order valence-corrected chi connectivity index (χ1v) is 7.50. The number of fused-ring (bicyclic) bond motifs is 1. The molecule has 0 fully saturated rings. The minimum atomic E-state index is -0.266. The van der Waals surface area contributed by atoms with Crippen molar-refractivity contribution in [3.05, 3.63) is 34.2 Å². The van der Waals surface area contributed by atoms with Gasteiger partial charge in [-0.05, 0) is 18.9 Å². The molecule has 0 aromatic carbocycles. The van der Waals surface area contributed by atoms with Crippen molar-refractivity contribution in [3.8, 4) is 0 Å². The lowest BCUT2D eigenvalue weighted by atomic mass is 10.2. The molecule has 0 spiro atoms. The van der Waals surface area contributed by atoms with Crippen LogP contribution in [0.5, 0.6) is 0 Å². The van der Waals surface area contributed by atoms with Gasteiger partial charge in [-0.15, -0.1) is 11.3 Å². The molecule has 108 valence electrons. The molecule has 21 heavy (non-hydrogen) atoms. The Morgan fingerprint density at radius 1 is 1.38 bits per heavy atom. The number of carbonyl (C=O) groups is 1. The number of aromatic nitrogens is 4. The predicted molar refractivity (Wildman–Crippen MR) is 82.8 cm³/mol. The molecule has 1 amide bonds. The summed E-state index contributed by atoms with van der Waals surface area (Å²) in [7, 11) is 0. The van der Waals surface area contributed by atoms with Gasteiger partial charge in [0.25, 0.3) is 5.91 Å². The van der Waals surface area contributed by atoms with Gasteiger partial charge in [-0.25, -0.2) is 15.0 Å². The van der Waals surface area contributed by atoms with Gasteiger partial charge in [0.05, 0.1) is 15.8 Å². The van der Waals surface area contributed by atoms with Gasteiger partial charge < -0.3 is 10.3 Å². The van der Waals surface area contributed by atoms with Gasteiger partial charge in [0.2, 0.25) is 0 Å². The Morgan fingerprint density at radius 3 is 2.95 bits per heavy atom. The van der Waals surface area contributed by atoms with E-state index in [-0.39, 0.29) is 5.91 Å². The average molecular weight is 301 g/mol. The molecule has 2 N–H and O–H groups in total. The SMILES string of the molecule is Cc1nc(C(=O)Nc2ncsc2C(C)C)c2cc[nH]c2n1. The number of carbonyl (C=O) groups excluding carboxylic acids is 1. The van der Waals surface area contributed by atoms with Crippen LogP contribution >= 0.6 is 11.3 Å². The second kappa shape index (κ2) is 5.25. The zero-order valence-corrected chi connectivity index (χ0v) is 12.8. The van der Waals surface area contributed by atoms with E-state index in [0.717, 1.165) is 4.88 Å². The van der Waals surface area contributed by atoms with Crippen LogP contribution in [0.25, 0.3) is 11.0 Å². The summed E-state index contributed by atoms with van der Waals surface area (Å²) < 4.78 is 0. The van der Waals surface area contributed by atoms with Crippen molar-refractivity contribution in [1.29, 1.82) is 0 Å². The Kier molecular flexibility index (Phi) is 3.42. The molecule has 0 aliphatic heterocycles. The molecule has 3 aromatic rings. The van der Waals surface area contributed by atoms with Crippen LogP contribution in [-0.2, 0) is 0 Å². The predicted octanol–water partition coefficient (Wildman–Crippen LogP) is 3.10. The smallest absolute Gasteiger partial charge is 0.276 e. The van der Waals surface area contributed by atoms with Crippen molar-refractivity contribution in [2.75, 3.05) is 5.32 Å². The van der Waals surface area contributed by atoms with E-state index in [1.165, 1.54) is 11.3 Å². The first-order valence-electron chi connectivity index (χ1n) is 6.62. The van der Waals surface area contributed by atoms with Gasteiger partial charge in [-0.1, -0.05) is 13.8 Å². The number of nitrogens with zero attached hydrogens (tertiary/aromatic N) is 3. The number of hydrogen-bond donors (Lipinski definition) is 2. The van der Waals surface area contributed by atoms with Crippen LogP contribution in [0, 0.1) is 6.92 Å². The van der Waals surface area contributed by atoms with Crippen molar-refractivity contribution < 1.29 is 4.79 Å². The number of aromatic amines is 1. The summed E-state index contributed by atoms with van der Waals surface area (Å²) in [6, 6.07) is 1.80. The van der Waals surface area contributed by atoms with E-state index >= 15 is 0 Å². The van der Waals surface area contributed by atoms with Gasteiger partial charge in [-0.2, -0.15) is 0 Å². The monoisotopic (exact) mass is 301 g/mol. The number of anilines is 1. The summed E-state index contributed by atoms with van der Waals surface area (Å²) in [5, 5.41) is 3.56. The second-order valence-electron chi connectivity index (χ2n) is 5.03. The summed E-state index contributed by atoms with van der Waals surface area (Å²) >= 11 is 1.54. The molecule has 0 saturated heterocycles. The quantitative estimate of drug-likeness (QED) is 0.778. The van der Waals surface area contributed by atoms with E-state index in [2.05, 4.69) is 39.1 Å². The molecule has 0 unspecified atom stereocenters. The Hall–Kier alpha value is -2.28. The summed E-state index contributed by atoms with van der Waals surface area (Å²) in [4.78, 5) is 29.3. The standard InChI is InChI=1S/C14H15N5OS/c1-7(2)11-13(16-6-21-11)19-14(20)10-9-4-5-15-12(9)18-8(3)17-10/h4-7H,1-3H3,(H,19,20)(H,15,17,18). The fraction of sp³-hybridized carbons (Fsp3) is 0.286. The Balaban J connectivity index is 1.97. The van der Waals surface area contributed by atoms with Crippen LogP contribution in [0.15, 0.2) is 17.8 Å². The number of hydrogen-bond acceptors (Lipinski definition) is 5. The molecule has 3 heterocycles. The summed E-state index contributed by atoms with van der Waals surface area (Å²) in [6.45, 7) is 5.91. The van der Waals surface area contributed by atoms with Gasteiger partial charge in [-0.3, -0.25) is 4.79 Å². The highest BCUT2D eigenvalue weighted by Crippen LogP contribution is 2.27. The van der Waals surface area contributed by atoms with Crippen LogP contribution in [0.3, 0.4) is 0 Å². The van der Waals surface area contributed by atoms with Crippen molar-refractivity contribution in [3.63, 3.8) is 0 Å². The maximum Gasteiger partial charge on any atom is 0.276 e. The molecule has 6 nitrogen and oxygen atoms in total. The van der Waals surface area contributed by atoms with Crippen molar-refractivity contribution in [2.24, 2.45) is 0 Å². The van der Waals surface area contributed by atoms with Crippen molar-refractivity contribution in [1.82, 2.24) is 19.9 Å². The number of amides is 1. The third kappa shape index (κ3) is 2.52. The van der Waals surface area contributed by atoms with E-state index in [4.69, 9.17) is 0 Å². The summed E-state index contributed by atoms with van der Waals surface area (Å²) in [5.74, 6) is 1.21. The Bertz CT molecular complexity index is 805. The van der Waals surface area contributed by atoms with E-state index in [1.807, 2.05) is 0 Å². The first-order chi connectivity index (χ1) is 10.1. The summed E-state index contributed by atoms with van der Waals surface area (Å²) in [6.07, 6.45) is 1.75. The molecule has 0 atom stereocenters. The number of thiazole rings is 1. The van der Waals surface area contributed by atoms with Crippen molar-refractivity contribution in [2.45, 2.75) is 26.7 Å². The van der Waals surface area contributed by atoms with Crippen LogP contribution in [0.4, 0.5) is 5.82 Å². The molecule has 0 bridgehead atoms. The zero-order chi connectivity index (χ0) is 15.0. The number of aryl methyl sites for hydroxylation is 1. The van der Waals surface area contributed by atoms with Crippen LogP contribution in [0.2, 0.25) is 0 Å². The number of H-pyrrole nitrogens is 1. The average Bonchev–Trinajstić information content (AvgIpc) is 3.05. The van der Waals surface area contributed by atoms with Crippen LogP contribution in [0.1, 0.15) is 41.0 Å². The zero-order valence-electron chi connectivity index (χ0n) is 12.0. The lowest BCUT2D eigenvalue weighted by Crippen LogP contribution is -2.16. The van der Waals surface area contributed by atoms with Crippen LogP contribution < -0.4 is 5.32 Å². The molecule has 3 rings (SSSR count). The Labute approximate surface area is 125 Å². The molecular formula is C14H15N5OS. The second-order valence-corrected chi connectivity index (χ2v) is 5.92.